The highest BCUT2D eigenvalue weighted by Crippen LogP contribution is 2.69. The lowest BCUT2D eigenvalue weighted by molar-refractivity contribution is 0.623. The van der Waals surface area contributed by atoms with E-state index >= 15 is 0 Å². The summed E-state index contributed by atoms with van der Waals surface area (Å²) in [5.74, 6) is 0. The first kappa shape index (κ1) is 77.5. The molecule has 2 spiro atoms. The zero-order valence-corrected chi connectivity index (χ0v) is 74.7. The molecule has 0 fully saturated rings. The van der Waals surface area contributed by atoms with E-state index in [9.17, 15) is 0 Å². The molecule has 0 saturated carbocycles. The van der Waals surface area contributed by atoms with Gasteiger partial charge in [-0.25, -0.2) is 0 Å². The molecule has 632 valence electrons. The minimum Gasteiger partial charge on any atom is -0.456 e. The Morgan fingerprint density at radius 3 is 0.821 bits per heavy atom. The predicted octanol–water partition coefficient (Wildman–Crippen LogP) is 32.8. The van der Waals surface area contributed by atoms with Crippen LogP contribution in [0.4, 0.5) is 34.1 Å². The van der Waals surface area contributed by atoms with E-state index in [2.05, 4.69) is 505 Å². The van der Waals surface area contributed by atoms with E-state index in [0.29, 0.717) is 0 Å². The lowest BCUT2D eigenvalue weighted by Crippen LogP contribution is -2.44. The highest BCUT2D eigenvalue weighted by atomic mass is 16.3. The Kier molecular flexibility index (Phi) is 16.8. The maximum absolute atomic E-state index is 6.90. The zero-order valence-electron chi connectivity index (χ0n) is 74.7. The lowest BCUT2D eigenvalue weighted by atomic mass is 9.51. The van der Waals surface area contributed by atoms with Crippen LogP contribution < -0.4 is 9.80 Å². The van der Waals surface area contributed by atoms with Crippen molar-refractivity contribution in [2.45, 2.75) is 60.2 Å². The standard InChI is InChI=1S/2C65H45NO/c1-63(2)52-28-12-9-24-46(52)48-38-36-44(40-58(48)63)66(60-34-19-27-51-50-26-11-18-35-61(50)67-62(51)60)45-37-39-49-47-25-10-13-29-53(47)65(59(49)41-45)56-32-16-14-30-54(56)64(42-20-5-3-6-21-42,43-22-7-4-8-23-43)55-31-15-17-33-57(55)65;1-63(2)53-26-12-9-23-47(53)49-36-33-44(39-59(49)63)66(46-35-38-52-51-25-11-18-32-61(51)67-62(52)41-46)45-34-37-50-48-24-10-13-27-54(48)65(60(50)40-45)57-30-16-14-28-55(57)64(42-19-5-3-6-20-42,43-21-7-4-8-22-43)56-29-15-17-31-58(56)65/h2*3-41H,1-2H3. The normalized spacial score (nSPS) is 15.1. The van der Waals surface area contributed by atoms with Crippen LogP contribution in [0.1, 0.15) is 139 Å². The maximum Gasteiger partial charge on any atom is 0.159 e. The molecule has 4 nitrogen and oxygen atoms in total. The van der Waals surface area contributed by atoms with E-state index < -0.39 is 21.7 Å². The fraction of sp³-hybridized carbons (Fsp3) is 0.0769. The summed E-state index contributed by atoms with van der Waals surface area (Å²) < 4.78 is 13.5. The van der Waals surface area contributed by atoms with E-state index in [1.54, 1.807) is 0 Å². The molecule has 0 radical (unpaired) electrons. The van der Waals surface area contributed by atoms with Crippen LogP contribution in [0.5, 0.6) is 0 Å². The summed E-state index contributed by atoms with van der Waals surface area (Å²) in [4.78, 5) is 4.92. The van der Waals surface area contributed by atoms with Crippen LogP contribution >= 0.6 is 0 Å². The topological polar surface area (TPSA) is 32.8 Å². The molecule has 0 saturated heterocycles. The number of furan rings is 2. The third-order valence-corrected chi connectivity index (χ3v) is 31.2. The number of para-hydroxylation sites is 3. The van der Waals surface area contributed by atoms with Crippen molar-refractivity contribution in [3.8, 4) is 44.5 Å². The SMILES string of the molecule is CC1(C)c2ccccc2-c2ccc(N(c3ccc4c(c3)C3(c5ccccc5-4)c4ccccc4C(c4ccccc4)(c4ccccc4)c4ccccc43)c3ccc4c(c3)oc3ccccc34)cc21.CC1(C)c2ccccc2-c2ccc(N(c3ccc4c(c3)C3(c5ccccc5-4)c4ccccc4C(c4ccccc4)(c4ccccc4)c4ccccc43)c3cccc4c3oc3ccccc34)cc21. The molecular formula is C130H90N2O2. The number of rotatable bonds is 10. The van der Waals surface area contributed by atoms with Gasteiger partial charge in [0.15, 0.2) is 5.58 Å². The van der Waals surface area contributed by atoms with Crippen LogP contribution in [0, 0.1) is 0 Å². The van der Waals surface area contributed by atoms with E-state index in [0.717, 1.165) is 78.0 Å². The molecule has 134 heavy (non-hydrogen) atoms. The third-order valence-electron chi connectivity index (χ3n) is 31.2. The highest BCUT2D eigenvalue weighted by Gasteiger charge is 2.59. The van der Waals surface area contributed by atoms with Gasteiger partial charge < -0.3 is 18.6 Å². The van der Waals surface area contributed by atoms with Gasteiger partial charge in [-0.1, -0.05) is 416 Å². The summed E-state index contributed by atoms with van der Waals surface area (Å²) in [6.45, 7) is 9.47. The first-order valence-corrected chi connectivity index (χ1v) is 47.0. The number of hydrogen-bond acceptors (Lipinski definition) is 4. The number of benzene rings is 20. The van der Waals surface area contributed by atoms with Gasteiger partial charge in [0, 0.05) is 66.9 Å². The van der Waals surface area contributed by atoms with Crippen molar-refractivity contribution >= 4 is 78.0 Å². The molecule has 2 aromatic heterocycles. The lowest BCUT2D eigenvalue weighted by Gasteiger charge is -2.50. The number of anilines is 6. The molecule has 0 N–H and O–H groups in total. The molecule has 0 atom stereocenters. The van der Waals surface area contributed by atoms with Gasteiger partial charge in [-0.15, -0.1) is 0 Å². The first-order chi connectivity index (χ1) is 66.0. The third kappa shape index (κ3) is 10.5. The summed E-state index contributed by atoms with van der Waals surface area (Å²) in [6.07, 6.45) is 0. The van der Waals surface area contributed by atoms with Crippen molar-refractivity contribution in [2.75, 3.05) is 9.80 Å². The minimum atomic E-state index is -0.638. The van der Waals surface area contributed by atoms with Gasteiger partial charge in [0.1, 0.15) is 16.7 Å². The Morgan fingerprint density at radius 2 is 0.425 bits per heavy atom. The van der Waals surface area contributed by atoms with Gasteiger partial charge >= 0.3 is 0 Å². The fourth-order valence-electron chi connectivity index (χ4n) is 25.7. The molecule has 6 aliphatic rings. The quantitative estimate of drug-likeness (QED) is 0.137. The highest BCUT2D eigenvalue weighted by molar-refractivity contribution is 6.11. The number of hydrogen-bond donors (Lipinski definition) is 0. The molecule has 0 aliphatic heterocycles. The van der Waals surface area contributed by atoms with Crippen molar-refractivity contribution in [3.63, 3.8) is 0 Å². The van der Waals surface area contributed by atoms with Gasteiger partial charge in [0.25, 0.3) is 0 Å². The maximum atomic E-state index is 6.90. The Morgan fingerprint density at radius 1 is 0.164 bits per heavy atom. The van der Waals surface area contributed by atoms with Crippen molar-refractivity contribution < 1.29 is 8.83 Å². The molecule has 0 amide bonds. The van der Waals surface area contributed by atoms with Crippen LogP contribution in [0.15, 0.2) is 482 Å². The van der Waals surface area contributed by atoms with Gasteiger partial charge in [-0.2, -0.15) is 0 Å². The average molecular weight is 1710 g/mol. The van der Waals surface area contributed by atoms with Crippen LogP contribution in [-0.4, -0.2) is 0 Å². The molecule has 0 bridgehead atoms. The van der Waals surface area contributed by atoms with E-state index in [-0.39, 0.29) is 10.8 Å². The molecule has 0 unspecified atom stereocenters. The summed E-state index contributed by atoms with van der Waals surface area (Å²) in [5.41, 5.74) is 43.4. The van der Waals surface area contributed by atoms with E-state index in [1.807, 2.05) is 6.07 Å². The fourth-order valence-corrected chi connectivity index (χ4v) is 25.7. The smallest absolute Gasteiger partial charge is 0.159 e. The molecular weight excluding hydrogens is 1620 g/mol. The first-order valence-electron chi connectivity index (χ1n) is 47.0. The second-order valence-corrected chi connectivity index (χ2v) is 38.2. The minimum absolute atomic E-state index is 0.167. The van der Waals surface area contributed by atoms with Gasteiger partial charge in [-0.05, 0) is 235 Å². The van der Waals surface area contributed by atoms with E-state index in [1.165, 1.54) is 156 Å². The Hall–Kier alpha value is -16.4. The zero-order chi connectivity index (χ0) is 89.0. The molecule has 6 aliphatic carbocycles. The van der Waals surface area contributed by atoms with Crippen molar-refractivity contribution in [1.82, 2.24) is 0 Å². The van der Waals surface area contributed by atoms with Gasteiger partial charge in [-0.3, -0.25) is 0 Å². The van der Waals surface area contributed by atoms with Crippen molar-refractivity contribution in [3.05, 3.63) is 584 Å². The summed E-state index contributed by atoms with van der Waals surface area (Å²) in [7, 11) is 0. The molecule has 2 heterocycles. The van der Waals surface area contributed by atoms with Crippen molar-refractivity contribution in [1.29, 1.82) is 0 Å². The molecule has 28 rings (SSSR count). The van der Waals surface area contributed by atoms with Crippen LogP contribution in [-0.2, 0) is 32.5 Å². The van der Waals surface area contributed by atoms with Gasteiger partial charge in [0.05, 0.1) is 27.3 Å². The number of nitrogens with zero attached hydrogens (tertiary/aromatic N) is 2. The Bertz CT molecular complexity index is 8430. The summed E-state index contributed by atoms with van der Waals surface area (Å²) in [5, 5.41) is 4.46. The number of fused-ring (bicyclic) bond motifs is 30. The monoisotopic (exact) mass is 1710 g/mol. The van der Waals surface area contributed by atoms with Crippen LogP contribution in [0.25, 0.3) is 88.4 Å². The second kappa shape index (κ2) is 29.0. The van der Waals surface area contributed by atoms with Crippen LogP contribution in [0.3, 0.4) is 0 Å². The van der Waals surface area contributed by atoms with Crippen LogP contribution in [0.2, 0.25) is 0 Å². The second-order valence-electron chi connectivity index (χ2n) is 38.2. The van der Waals surface area contributed by atoms with Crippen molar-refractivity contribution in [2.24, 2.45) is 0 Å². The molecule has 22 aromatic rings. The van der Waals surface area contributed by atoms with Gasteiger partial charge in [0.2, 0.25) is 0 Å². The molecule has 20 aromatic carbocycles. The molecule has 4 heteroatoms. The Balaban J connectivity index is 0.000000136. The largest absolute Gasteiger partial charge is 0.456 e. The Labute approximate surface area is 780 Å². The predicted molar refractivity (Wildman–Crippen MR) is 550 cm³/mol. The van der Waals surface area contributed by atoms with E-state index in [4.69, 9.17) is 8.83 Å². The average Bonchev–Trinajstić information content (AvgIpc) is 1.39. The summed E-state index contributed by atoms with van der Waals surface area (Å²) in [6, 6.07) is 177. The summed E-state index contributed by atoms with van der Waals surface area (Å²) >= 11 is 0.